The van der Waals surface area contributed by atoms with Crippen LogP contribution in [-0.2, 0) is 0 Å². The highest BCUT2D eigenvalue weighted by atomic mass is 79.9. The van der Waals surface area contributed by atoms with E-state index in [-0.39, 0.29) is 5.92 Å². The Morgan fingerprint density at radius 3 is 2.82 bits per heavy atom. The molecule has 1 aromatic rings. The minimum Gasteiger partial charge on any atom is -0.497 e. The van der Waals surface area contributed by atoms with Gasteiger partial charge in [0, 0.05) is 22.4 Å². The van der Waals surface area contributed by atoms with E-state index in [1.165, 1.54) is 0 Å². The van der Waals surface area contributed by atoms with E-state index in [0.717, 1.165) is 27.9 Å². The van der Waals surface area contributed by atoms with Gasteiger partial charge in [0.15, 0.2) is 0 Å². The van der Waals surface area contributed by atoms with Gasteiger partial charge in [0.25, 0.3) is 0 Å². The Kier molecular flexibility index (Phi) is 3.47. The average Bonchev–Trinajstić information content (AvgIpc) is 2.30. The number of rotatable bonds is 2. The van der Waals surface area contributed by atoms with Crippen molar-refractivity contribution in [3.8, 4) is 5.75 Å². The molecule has 1 heterocycles. The van der Waals surface area contributed by atoms with Gasteiger partial charge in [-0.05, 0) is 18.2 Å². The second-order valence-electron chi connectivity index (χ2n) is 4.03. The number of ether oxygens (including phenoxy) is 1. The highest BCUT2D eigenvalue weighted by Gasteiger charge is 2.20. The van der Waals surface area contributed by atoms with Crippen LogP contribution in [0.2, 0.25) is 0 Å². The van der Waals surface area contributed by atoms with Crippen molar-refractivity contribution >= 4 is 27.5 Å². The van der Waals surface area contributed by atoms with Gasteiger partial charge < -0.3 is 10.5 Å². The summed E-state index contributed by atoms with van der Waals surface area (Å²) in [7, 11) is 1.65. The molecule has 90 valence electrons. The van der Waals surface area contributed by atoms with Crippen LogP contribution in [0.1, 0.15) is 18.9 Å². The van der Waals surface area contributed by atoms with Crippen molar-refractivity contribution in [1.82, 2.24) is 0 Å². The highest BCUT2D eigenvalue weighted by Crippen LogP contribution is 2.27. The van der Waals surface area contributed by atoms with E-state index >= 15 is 0 Å². The first-order valence-electron chi connectivity index (χ1n) is 5.35. The lowest BCUT2D eigenvalue weighted by atomic mass is 9.94. The van der Waals surface area contributed by atoms with Crippen LogP contribution in [0, 0.1) is 5.92 Å². The van der Waals surface area contributed by atoms with E-state index < -0.39 is 0 Å². The lowest BCUT2D eigenvalue weighted by Gasteiger charge is -2.18. The van der Waals surface area contributed by atoms with Crippen molar-refractivity contribution in [2.75, 3.05) is 7.11 Å². The van der Waals surface area contributed by atoms with Crippen LogP contribution >= 0.6 is 15.9 Å². The molecule has 17 heavy (non-hydrogen) atoms. The second kappa shape index (κ2) is 4.87. The topological polar surface area (TPSA) is 60.0 Å². The molecule has 4 nitrogen and oxygen atoms in total. The summed E-state index contributed by atoms with van der Waals surface area (Å²) in [5.41, 5.74) is 7.61. The summed E-state index contributed by atoms with van der Waals surface area (Å²) >= 11 is 3.52. The minimum atomic E-state index is 0.260. The van der Waals surface area contributed by atoms with E-state index in [4.69, 9.17) is 10.5 Å². The monoisotopic (exact) mass is 295 g/mol. The smallest absolute Gasteiger partial charge is 0.123 e. The summed E-state index contributed by atoms with van der Waals surface area (Å²) < 4.78 is 6.21. The predicted molar refractivity (Wildman–Crippen MR) is 72.6 cm³/mol. The minimum absolute atomic E-state index is 0.260. The molecular formula is C12H14BrN3O. The molecule has 0 bridgehead atoms. The summed E-state index contributed by atoms with van der Waals surface area (Å²) in [5, 5.41) is 8.15. The lowest BCUT2D eigenvalue weighted by molar-refractivity contribution is 0.414. The molecular weight excluding hydrogens is 282 g/mol. The fourth-order valence-electron chi connectivity index (χ4n) is 1.81. The molecule has 2 N–H and O–H groups in total. The number of hydrogen-bond donors (Lipinski definition) is 1. The molecule has 0 aromatic heterocycles. The number of halogens is 1. The van der Waals surface area contributed by atoms with Crippen molar-refractivity contribution in [3.63, 3.8) is 0 Å². The van der Waals surface area contributed by atoms with Crippen molar-refractivity contribution in [1.29, 1.82) is 0 Å². The molecule has 5 heteroatoms. The number of methoxy groups -OCH3 is 1. The van der Waals surface area contributed by atoms with Gasteiger partial charge in [-0.15, -0.1) is 5.10 Å². The molecule has 0 radical (unpaired) electrons. The summed E-state index contributed by atoms with van der Waals surface area (Å²) in [6, 6.07) is 5.81. The van der Waals surface area contributed by atoms with Gasteiger partial charge >= 0.3 is 0 Å². The van der Waals surface area contributed by atoms with Gasteiger partial charge in [-0.25, -0.2) is 0 Å². The molecule has 0 spiro atoms. The molecule has 0 aliphatic carbocycles. The van der Waals surface area contributed by atoms with Gasteiger partial charge in [0.2, 0.25) is 0 Å². The van der Waals surface area contributed by atoms with Crippen LogP contribution in [0.5, 0.6) is 5.75 Å². The molecule has 0 amide bonds. The molecule has 1 aliphatic rings. The van der Waals surface area contributed by atoms with Gasteiger partial charge in [-0.2, -0.15) is 5.10 Å². The normalized spacial score (nSPS) is 19.6. The molecule has 2 rings (SSSR count). The number of amidine groups is 1. The van der Waals surface area contributed by atoms with Crippen LogP contribution < -0.4 is 10.5 Å². The second-order valence-corrected chi connectivity index (χ2v) is 4.88. The zero-order valence-corrected chi connectivity index (χ0v) is 11.4. The van der Waals surface area contributed by atoms with Crippen molar-refractivity contribution in [2.24, 2.45) is 21.9 Å². The summed E-state index contributed by atoms with van der Waals surface area (Å²) in [6.07, 6.45) is 0.739. The van der Waals surface area contributed by atoms with Crippen LogP contribution in [0.15, 0.2) is 32.9 Å². The van der Waals surface area contributed by atoms with E-state index in [2.05, 4.69) is 33.1 Å². The van der Waals surface area contributed by atoms with Crippen molar-refractivity contribution in [2.45, 2.75) is 13.3 Å². The molecule has 1 atom stereocenters. The lowest BCUT2D eigenvalue weighted by Crippen LogP contribution is -2.25. The van der Waals surface area contributed by atoms with Crippen LogP contribution in [0.3, 0.4) is 0 Å². The third-order valence-corrected chi connectivity index (χ3v) is 3.41. The summed E-state index contributed by atoms with van der Waals surface area (Å²) in [4.78, 5) is 0. The van der Waals surface area contributed by atoms with E-state index in [1.54, 1.807) is 7.11 Å². The maximum atomic E-state index is 5.67. The summed E-state index contributed by atoms with van der Waals surface area (Å²) in [5.74, 6) is 1.65. The van der Waals surface area contributed by atoms with E-state index in [0.29, 0.717) is 5.84 Å². The SMILES string of the molecule is COc1ccc(Br)c(C2=NN=C(N)CC2C)c1. The quantitative estimate of drug-likeness (QED) is 0.911. The number of benzene rings is 1. The van der Waals surface area contributed by atoms with Crippen LogP contribution in [-0.4, -0.2) is 18.7 Å². The Morgan fingerprint density at radius 1 is 1.41 bits per heavy atom. The van der Waals surface area contributed by atoms with Crippen LogP contribution in [0.25, 0.3) is 0 Å². The third-order valence-electron chi connectivity index (χ3n) is 2.72. The first kappa shape index (κ1) is 12.1. The Morgan fingerprint density at radius 2 is 2.18 bits per heavy atom. The summed E-state index contributed by atoms with van der Waals surface area (Å²) in [6.45, 7) is 2.09. The number of nitrogens with zero attached hydrogens (tertiary/aromatic N) is 2. The molecule has 0 fully saturated rings. The molecule has 1 aromatic carbocycles. The highest BCUT2D eigenvalue weighted by molar-refractivity contribution is 9.10. The van der Waals surface area contributed by atoms with Gasteiger partial charge in [0.05, 0.1) is 12.8 Å². The van der Waals surface area contributed by atoms with Crippen molar-refractivity contribution < 1.29 is 4.74 Å². The van der Waals surface area contributed by atoms with E-state index in [9.17, 15) is 0 Å². The Balaban J connectivity index is 2.46. The van der Waals surface area contributed by atoms with Crippen LogP contribution in [0.4, 0.5) is 0 Å². The Labute approximate surface area is 109 Å². The third kappa shape index (κ3) is 2.49. The molecule has 1 aliphatic heterocycles. The van der Waals surface area contributed by atoms with E-state index in [1.807, 2.05) is 18.2 Å². The maximum absolute atomic E-state index is 5.67. The standard InChI is InChI=1S/C12H14BrN3O/c1-7-5-11(14)15-16-12(7)9-6-8(17-2)3-4-10(9)13/h3-4,6-7H,5H2,1-2H3,(H2,14,15). The first-order chi connectivity index (χ1) is 8.11. The zero-order chi connectivity index (χ0) is 12.4. The van der Waals surface area contributed by atoms with Gasteiger partial charge in [0.1, 0.15) is 11.6 Å². The maximum Gasteiger partial charge on any atom is 0.123 e. The fourth-order valence-corrected chi connectivity index (χ4v) is 2.26. The fraction of sp³-hybridized carbons (Fsp3) is 0.333. The molecule has 0 saturated heterocycles. The van der Waals surface area contributed by atoms with Gasteiger partial charge in [-0.1, -0.05) is 22.9 Å². The number of nitrogens with two attached hydrogens (primary N) is 1. The number of hydrogen-bond acceptors (Lipinski definition) is 4. The van der Waals surface area contributed by atoms with Gasteiger partial charge in [-0.3, -0.25) is 0 Å². The Hall–Kier alpha value is -1.36. The largest absolute Gasteiger partial charge is 0.497 e. The molecule has 1 unspecified atom stereocenters. The average molecular weight is 296 g/mol. The predicted octanol–water partition coefficient (Wildman–Crippen LogP) is 2.56. The molecule has 0 saturated carbocycles. The van der Waals surface area contributed by atoms with Crippen molar-refractivity contribution in [3.05, 3.63) is 28.2 Å². The first-order valence-corrected chi connectivity index (χ1v) is 6.15. The zero-order valence-electron chi connectivity index (χ0n) is 9.77. The Bertz CT molecular complexity index is 497.